The predicted molar refractivity (Wildman–Crippen MR) is 40.6 cm³/mol. The first-order valence-electron chi connectivity index (χ1n) is 3.18. The number of rotatable bonds is 2. The molecule has 2 unspecified atom stereocenters. The van der Waals surface area contributed by atoms with Crippen LogP contribution in [0.25, 0.3) is 0 Å². The lowest BCUT2D eigenvalue weighted by Gasteiger charge is -2.10. The standard InChI is InChI=1S/C5H14B2/c1-3-5(7)4(2)6/h4-5H,3,6-7H2,1-2H3. The third kappa shape index (κ3) is 2.78. The van der Waals surface area contributed by atoms with Gasteiger partial charge < -0.3 is 0 Å². The zero-order chi connectivity index (χ0) is 5.86. The van der Waals surface area contributed by atoms with Crippen molar-refractivity contribution in [1.82, 2.24) is 0 Å². The van der Waals surface area contributed by atoms with Crippen LogP contribution in [-0.4, -0.2) is 15.7 Å². The molecule has 0 saturated heterocycles. The Morgan fingerprint density at radius 2 is 1.86 bits per heavy atom. The molecule has 2 atom stereocenters. The smallest absolute Gasteiger partial charge is 0.0767 e. The topological polar surface area (TPSA) is 0 Å². The minimum Gasteiger partial charge on any atom is -0.0767 e. The van der Waals surface area contributed by atoms with Gasteiger partial charge in [0.1, 0.15) is 15.7 Å². The summed E-state index contributed by atoms with van der Waals surface area (Å²) in [6, 6.07) is 0. The van der Waals surface area contributed by atoms with Crippen LogP contribution in [0.15, 0.2) is 0 Å². The summed E-state index contributed by atoms with van der Waals surface area (Å²) >= 11 is 0. The van der Waals surface area contributed by atoms with Crippen LogP contribution in [0, 0.1) is 0 Å². The molecule has 0 aliphatic heterocycles. The second-order valence-electron chi connectivity index (χ2n) is 2.63. The molecule has 0 N–H and O–H groups in total. The van der Waals surface area contributed by atoms with Crippen LogP contribution >= 0.6 is 0 Å². The van der Waals surface area contributed by atoms with E-state index in [1.54, 1.807) is 0 Å². The van der Waals surface area contributed by atoms with Crippen LogP contribution in [0.5, 0.6) is 0 Å². The molecule has 40 valence electrons. The van der Waals surface area contributed by atoms with Gasteiger partial charge in [-0.1, -0.05) is 31.9 Å². The summed E-state index contributed by atoms with van der Waals surface area (Å²) in [5, 5.41) is 0. The van der Waals surface area contributed by atoms with Crippen molar-refractivity contribution in [1.29, 1.82) is 0 Å². The summed E-state index contributed by atoms with van der Waals surface area (Å²) in [4.78, 5) is 0. The molecule has 0 saturated carbocycles. The summed E-state index contributed by atoms with van der Waals surface area (Å²) in [5.74, 6) is 1.77. The van der Waals surface area contributed by atoms with Crippen molar-refractivity contribution in [3.05, 3.63) is 0 Å². The van der Waals surface area contributed by atoms with Gasteiger partial charge in [0.25, 0.3) is 0 Å². The van der Waals surface area contributed by atoms with Crippen LogP contribution in [0.4, 0.5) is 0 Å². The molecule has 0 fully saturated rings. The summed E-state index contributed by atoms with van der Waals surface area (Å²) in [6.07, 6.45) is 1.32. The molecule has 0 aromatic heterocycles. The van der Waals surface area contributed by atoms with E-state index in [2.05, 4.69) is 29.5 Å². The zero-order valence-corrected chi connectivity index (χ0v) is 5.86. The van der Waals surface area contributed by atoms with Crippen molar-refractivity contribution in [2.24, 2.45) is 0 Å². The first kappa shape index (κ1) is 7.13. The van der Waals surface area contributed by atoms with Gasteiger partial charge in [0.15, 0.2) is 0 Å². The Hall–Kier alpha value is 0.130. The van der Waals surface area contributed by atoms with E-state index in [0.717, 1.165) is 11.6 Å². The average Bonchev–Trinajstić information content (AvgIpc) is 1.65. The first-order chi connectivity index (χ1) is 3.18. The van der Waals surface area contributed by atoms with Crippen molar-refractivity contribution in [2.75, 3.05) is 0 Å². The molecule has 0 aromatic rings. The highest BCUT2D eigenvalue weighted by atomic mass is 13.9. The molecular weight excluding hydrogens is 81.7 g/mol. The molecular formula is C5H14B2. The fourth-order valence-corrected chi connectivity index (χ4v) is 0.471. The maximum atomic E-state index is 2.30. The van der Waals surface area contributed by atoms with Crippen molar-refractivity contribution in [3.63, 3.8) is 0 Å². The largest absolute Gasteiger partial charge is 0.104 e. The normalized spacial score (nSPS) is 18.6. The van der Waals surface area contributed by atoms with Crippen molar-refractivity contribution < 1.29 is 0 Å². The van der Waals surface area contributed by atoms with E-state index in [4.69, 9.17) is 0 Å². The minimum absolute atomic E-state index is 0.866. The molecule has 2 heteroatoms. The molecule has 0 bridgehead atoms. The van der Waals surface area contributed by atoms with E-state index in [-0.39, 0.29) is 0 Å². The highest BCUT2D eigenvalue weighted by Crippen LogP contribution is 2.18. The third-order valence-electron chi connectivity index (χ3n) is 1.78. The lowest BCUT2D eigenvalue weighted by atomic mass is 9.67. The Balaban J connectivity index is 3.14. The SMILES string of the molecule is BC(C)C(B)CC. The minimum atomic E-state index is 0.866. The molecule has 7 heavy (non-hydrogen) atoms. The maximum Gasteiger partial charge on any atom is 0.104 e. The van der Waals surface area contributed by atoms with Crippen molar-refractivity contribution >= 4 is 15.7 Å². The lowest BCUT2D eigenvalue weighted by Crippen LogP contribution is -1.96. The zero-order valence-electron chi connectivity index (χ0n) is 5.86. The lowest BCUT2D eigenvalue weighted by molar-refractivity contribution is 0.766. The molecule has 0 aliphatic carbocycles. The Morgan fingerprint density at radius 1 is 1.43 bits per heavy atom. The second-order valence-corrected chi connectivity index (χ2v) is 2.63. The molecule has 0 aliphatic rings. The monoisotopic (exact) mass is 96.1 g/mol. The van der Waals surface area contributed by atoms with E-state index < -0.39 is 0 Å². The summed E-state index contributed by atoms with van der Waals surface area (Å²) in [5.41, 5.74) is 0. The Morgan fingerprint density at radius 3 is 1.86 bits per heavy atom. The molecule has 0 amide bonds. The summed E-state index contributed by atoms with van der Waals surface area (Å²) in [7, 11) is 4.57. The van der Waals surface area contributed by atoms with Crippen molar-refractivity contribution in [3.8, 4) is 0 Å². The van der Waals surface area contributed by atoms with Crippen LogP contribution in [0.2, 0.25) is 11.6 Å². The van der Waals surface area contributed by atoms with E-state index in [9.17, 15) is 0 Å². The highest BCUT2D eigenvalue weighted by molar-refractivity contribution is 6.20. The predicted octanol–water partition coefficient (Wildman–Crippen LogP) is 0.259. The van der Waals surface area contributed by atoms with Gasteiger partial charge in [0, 0.05) is 0 Å². The molecule has 0 radical (unpaired) electrons. The van der Waals surface area contributed by atoms with Gasteiger partial charge in [-0.15, -0.1) is 0 Å². The Labute approximate surface area is 48.5 Å². The van der Waals surface area contributed by atoms with Crippen LogP contribution < -0.4 is 0 Å². The van der Waals surface area contributed by atoms with Gasteiger partial charge >= 0.3 is 0 Å². The van der Waals surface area contributed by atoms with E-state index >= 15 is 0 Å². The number of hydrogen-bond donors (Lipinski definition) is 0. The molecule has 0 spiro atoms. The number of hydrogen-bond acceptors (Lipinski definition) is 0. The highest BCUT2D eigenvalue weighted by Gasteiger charge is 2.01. The quantitative estimate of drug-likeness (QED) is 0.432. The van der Waals surface area contributed by atoms with Gasteiger partial charge in [0.2, 0.25) is 0 Å². The van der Waals surface area contributed by atoms with Crippen LogP contribution in [0.1, 0.15) is 20.3 Å². The van der Waals surface area contributed by atoms with E-state index in [1.807, 2.05) is 0 Å². The van der Waals surface area contributed by atoms with Gasteiger partial charge in [-0.25, -0.2) is 0 Å². The van der Waals surface area contributed by atoms with Crippen LogP contribution in [-0.2, 0) is 0 Å². The maximum absolute atomic E-state index is 2.30. The second kappa shape index (κ2) is 3.17. The summed E-state index contributed by atoms with van der Waals surface area (Å²) < 4.78 is 0. The van der Waals surface area contributed by atoms with E-state index in [0.29, 0.717) is 0 Å². The fourth-order valence-electron chi connectivity index (χ4n) is 0.471. The average molecular weight is 95.8 g/mol. The molecule has 0 rings (SSSR count). The first-order valence-corrected chi connectivity index (χ1v) is 3.18. The van der Waals surface area contributed by atoms with Gasteiger partial charge in [-0.2, -0.15) is 0 Å². The van der Waals surface area contributed by atoms with Crippen molar-refractivity contribution in [2.45, 2.75) is 31.9 Å². The van der Waals surface area contributed by atoms with Crippen LogP contribution in [0.3, 0.4) is 0 Å². The molecule has 0 aromatic carbocycles. The van der Waals surface area contributed by atoms with Gasteiger partial charge in [-0.3, -0.25) is 0 Å². The van der Waals surface area contributed by atoms with E-state index in [1.165, 1.54) is 6.42 Å². The molecule has 0 nitrogen and oxygen atoms in total. The molecule has 0 heterocycles. The Kier molecular flexibility index (Phi) is 3.23. The van der Waals surface area contributed by atoms with Gasteiger partial charge in [-0.05, 0) is 0 Å². The Bertz CT molecular complexity index is 43.3. The summed E-state index contributed by atoms with van der Waals surface area (Å²) in [6.45, 7) is 4.51. The fraction of sp³-hybridized carbons (Fsp3) is 1.00. The van der Waals surface area contributed by atoms with Gasteiger partial charge in [0.05, 0.1) is 0 Å². The third-order valence-corrected chi connectivity index (χ3v) is 1.78.